The lowest BCUT2D eigenvalue weighted by atomic mass is 9.93. The van der Waals surface area contributed by atoms with E-state index in [-0.39, 0.29) is 0 Å². The monoisotopic (exact) mass is 199 g/mol. The van der Waals surface area contributed by atoms with Gasteiger partial charge in [-0.15, -0.1) is 0 Å². The molecule has 1 rings (SSSR count). The second-order valence-electron chi connectivity index (χ2n) is 4.70. The fraction of sp³-hybridized carbons (Fsp3) is 1.00. The zero-order chi connectivity index (χ0) is 10.4. The van der Waals surface area contributed by atoms with Crippen LogP contribution in [-0.4, -0.2) is 25.3 Å². The Hall–Kier alpha value is -0.0800. The molecule has 0 spiro atoms. The average Bonchev–Trinajstić information content (AvgIpc) is 2.27. The van der Waals surface area contributed by atoms with Crippen LogP contribution in [0.4, 0.5) is 0 Å². The van der Waals surface area contributed by atoms with Crippen LogP contribution >= 0.6 is 0 Å². The molecule has 2 nitrogen and oxygen atoms in total. The molecule has 1 N–H and O–H groups in total. The molecule has 84 valence electrons. The smallest absolute Gasteiger partial charge is 0.0469 e. The van der Waals surface area contributed by atoms with Crippen LogP contribution in [0.5, 0.6) is 0 Å². The van der Waals surface area contributed by atoms with Crippen LogP contribution in [-0.2, 0) is 4.74 Å². The second-order valence-corrected chi connectivity index (χ2v) is 4.70. The van der Waals surface area contributed by atoms with Gasteiger partial charge in [0.1, 0.15) is 0 Å². The summed E-state index contributed by atoms with van der Waals surface area (Å²) in [6, 6.07) is 0. The Morgan fingerprint density at radius 3 is 2.29 bits per heavy atom. The first kappa shape index (κ1) is 12.0. The Bertz CT molecular complexity index is 148. The zero-order valence-electron chi connectivity index (χ0n) is 9.94. The Balaban J connectivity index is 2.23. The molecule has 1 aliphatic heterocycles. The van der Waals surface area contributed by atoms with Crippen molar-refractivity contribution in [2.45, 2.75) is 52.0 Å². The molecule has 1 fully saturated rings. The standard InChI is InChI=1S/C12H25NO/c1-4-12(3,5-2)13-10-11-6-8-14-9-7-11/h11,13H,4-10H2,1-3H3. The van der Waals surface area contributed by atoms with Gasteiger partial charge in [0.25, 0.3) is 0 Å². The van der Waals surface area contributed by atoms with Crippen molar-refractivity contribution < 1.29 is 4.74 Å². The van der Waals surface area contributed by atoms with Gasteiger partial charge in [-0.05, 0) is 45.1 Å². The minimum absolute atomic E-state index is 0.346. The number of hydrogen-bond donors (Lipinski definition) is 1. The molecule has 1 aliphatic rings. The maximum Gasteiger partial charge on any atom is 0.0469 e. The van der Waals surface area contributed by atoms with E-state index in [9.17, 15) is 0 Å². The Labute approximate surface area is 88.4 Å². The number of nitrogens with one attached hydrogen (secondary N) is 1. The van der Waals surface area contributed by atoms with Gasteiger partial charge in [0.05, 0.1) is 0 Å². The van der Waals surface area contributed by atoms with E-state index in [0.29, 0.717) is 5.54 Å². The maximum atomic E-state index is 5.36. The summed E-state index contributed by atoms with van der Waals surface area (Å²) >= 11 is 0. The fourth-order valence-electron chi connectivity index (χ4n) is 1.84. The molecule has 0 amide bonds. The molecule has 0 aromatic carbocycles. The van der Waals surface area contributed by atoms with Gasteiger partial charge in [-0.3, -0.25) is 0 Å². The van der Waals surface area contributed by atoms with Crippen LogP contribution in [0.1, 0.15) is 46.5 Å². The normalized spacial score (nSPS) is 19.9. The molecule has 14 heavy (non-hydrogen) atoms. The minimum Gasteiger partial charge on any atom is -0.381 e. The van der Waals surface area contributed by atoms with Crippen molar-refractivity contribution in [3.8, 4) is 0 Å². The van der Waals surface area contributed by atoms with Crippen molar-refractivity contribution in [2.24, 2.45) is 5.92 Å². The molecule has 0 bridgehead atoms. The third-order valence-electron chi connectivity index (χ3n) is 3.72. The van der Waals surface area contributed by atoms with Crippen LogP contribution in [0.25, 0.3) is 0 Å². The van der Waals surface area contributed by atoms with Crippen LogP contribution in [0.3, 0.4) is 0 Å². The number of rotatable bonds is 5. The summed E-state index contributed by atoms with van der Waals surface area (Å²) in [5.41, 5.74) is 0.346. The molecule has 0 aromatic heterocycles. The molecule has 2 heteroatoms. The third kappa shape index (κ3) is 3.58. The van der Waals surface area contributed by atoms with Gasteiger partial charge in [-0.1, -0.05) is 13.8 Å². The van der Waals surface area contributed by atoms with Gasteiger partial charge in [0.15, 0.2) is 0 Å². The predicted octanol–water partition coefficient (Wildman–Crippen LogP) is 2.58. The summed E-state index contributed by atoms with van der Waals surface area (Å²) in [6.45, 7) is 9.94. The summed E-state index contributed by atoms with van der Waals surface area (Å²) in [4.78, 5) is 0. The van der Waals surface area contributed by atoms with Gasteiger partial charge in [-0.25, -0.2) is 0 Å². The maximum absolute atomic E-state index is 5.36. The van der Waals surface area contributed by atoms with E-state index in [4.69, 9.17) is 4.74 Å². The van der Waals surface area contributed by atoms with E-state index in [0.717, 1.165) is 19.1 Å². The first-order valence-corrected chi connectivity index (χ1v) is 6.03. The van der Waals surface area contributed by atoms with E-state index in [1.165, 1.54) is 32.2 Å². The Morgan fingerprint density at radius 2 is 1.79 bits per heavy atom. The second kappa shape index (κ2) is 5.72. The molecular weight excluding hydrogens is 174 g/mol. The summed E-state index contributed by atoms with van der Waals surface area (Å²) in [5.74, 6) is 0.834. The van der Waals surface area contributed by atoms with Gasteiger partial charge in [0, 0.05) is 18.8 Å². The quantitative estimate of drug-likeness (QED) is 0.735. The van der Waals surface area contributed by atoms with Gasteiger partial charge in [-0.2, -0.15) is 0 Å². The van der Waals surface area contributed by atoms with E-state index in [1.54, 1.807) is 0 Å². The van der Waals surface area contributed by atoms with Crippen molar-refractivity contribution >= 4 is 0 Å². The van der Waals surface area contributed by atoms with Crippen molar-refractivity contribution in [1.29, 1.82) is 0 Å². The highest BCUT2D eigenvalue weighted by atomic mass is 16.5. The minimum atomic E-state index is 0.346. The molecule has 0 radical (unpaired) electrons. The highest BCUT2D eigenvalue weighted by Crippen LogP contribution is 2.18. The first-order valence-electron chi connectivity index (χ1n) is 6.03. The van der Waals surface area contributed by atoms with Gasteiger partial charge >= 0.3 is 0 Å². The van der Waals surface area contributed by atoms with Crippen molar-refractivity contribution in [3.63, 3.8) is 0 Å². The summed E-state index contributed by atoms with van der Waals surface area (Å²) in [5, 5.41) is 3.71. The molecule has 0 aromatic rings. The van der Waals surface area contributed by atoms with E-state index >= 15 is 0 Å². The molecular formula is C12H25NO. The third-order valence-corrected chi connectivity index (χ3v) is 3.72. The number of ether oxygens (including phenoxy) is 1. The Kier molecular flexibility index (Phi) is 4.90. The molecule has 1 heterocycles. The highest BCUT2D eigenvalue weighted by molar-refractivity contribution is 4.81. The van der Waals surface area contributed by atoms with Crippen LogP contribution < -0.4 is 5.32 Å². The van der Waals surface area contributed by atoms with Crippen LogP contribution in [0.2, 0.25) is 0 Å². The van der Waals surface area contributed by atoms with Crippen molar-refractivity contribution in [3.05, 3.63) is 0 Å². The molecule has 0 saturated carbocycles. The Morgan fingerprint density at radius 1 is 1.21 bits per heavy atom. The lowest BCUT2D eigenvalue weighted by Gasteiger charge is -2.32. The van der Waals surface area contributed by atoms with Gasteiger partial charge < -0.3 is 10.1 Å². The van der Waals surface area contributed by atoms with Crippen molar-refractivity contribution in [1.82, 2.24) is 5.32 Å². The van der Waals surface area contributed by atoms with E-state index in [1.807, 2.05) is 0 Å². The summed E-state index contributed by atoms with van der Waals surface area (Å²) in [7, 11) is 0. The lowest BCUT2D eigenvalue weighted by molar-refractivity contribution is 0.0634. The molecule has 0 unspecified atom stereocenters. The lowest BCUT2D eigenvalue weighted by Crippen LogP contribution is -2.44. The topological polar surface area (TPSA) is 21.3 Å². The molecule has 0 aliphatic carbocycles. The fourth-order valence-corrected chi connectivity index (χ4v) is 1.84. The van der Waals surface area contributed by atoms with E-state index in [2.05, 4.69) is 26.1 Å². The molecule has 0 atom stereocenters. The van der Waals surface area contributed by atoms with Crippen molar-refractivity contribution in [2.75, 3.05) is 19.8 Å². The van der Waals surface area contributed by atoms with Crippen LogP contribution in [0.15, 0.2) is 0 Å². The summed E-state index contributed by atoms with van der Waals surface area (Å²) < 4.78 is 5.36. The number of hydrogen-bond acceptors (Lipinski definition) is 2. The van der Waals surface area contributed by atoms with Gasteiger partial charge in [0.2, 0.25) is 0 Å². The predicted molar refractivity (Wildman–Crippen MR) is 60.5 cm³/mol. The molecule has 1 saturated heterocycles. The highest BCUT2D eigenvalue weighted by Gasteiger charge is 2.21. The largest absolute Gasteiger partial charge is 0.381 e. The SMILES string of the molecule is CCC(C)(CC)NCC1CCOCC1. The average molecular weight is 199 g/mol. The summed E-state index contributed by atoms with van der Waals surface area (Å²) in [6.07, 6.45) is 4.90. The zero-order valence-corrected chi connectivity index (χ0v) is 9.94. The first-order chi connectivity index (χ1) is 6.70. The van der Waals surface area contributed by atoms with Crippen LogP contribution in [0, 0.1) is 5.92 Å². The van der Waals surface area contributed by atoms with E-state index < -0.39 is 0 Å².